The highest BCUT2D eigenvalue weighted by molar-refractivity contribution is 5.94. The van der Waals surface area contributed by atoms with Crippen LogP contribution in [0, 0.1) is 0 Å². The zero-order valence-corrected chi connectivity index (χ0v) is 25.2. The van der Waals surface area contributed by atoms with Crippen LogP contribution in [0.25, 0.3) is 0 Å². The molecule has 0 saturated heterocycles. The molecule has 0 radical (unpaired) electrons. The number of hydrogen-bond donors (Lipinski definition) is 1. The summed E-state index contributed by atoms with van der Waals surface area (Å²) in [6.07, 6.45) is -0.378. The van der Waals surface area contributed by atoms with Crippen LogP contribution in [-0.4, -0.2) is 43.0 Å². The maximum atomic E-state index is 13.1. The van der Waals surface area contributed by atoms with Crippen molar-refractivity contribution in [2.75, 3.05) is 19.0 Å². The fraction of sp³-hybridized carbons (Fsp3) is 0.364. The van der Waals surface area contributed by atoms with Crippen LogP contribution < -0.4 is 14.8 Å². The number of amides is 1. The van der Waals surface area contributed by atoms with Crippen molar-refractivity contribution in [2.24, 2.45) is 0 Å². The Bertz CT molecular complexity index is 1390. The number of esters is 2. The first-order valence-electron chi connectivity index (χ1n) is 13.6. The van der Waals surface area contributed by atoms with Crippen molar-refractivity contribution in [3.05, 3.63) is 89.0 Å². The van der Waals surface area contributed by atoms with Gasteiger partial charge in [0.05, 0.1) is 19.3 Å². The molecule has 3 aromatic carbocycles. The molecular formula is C33H39NO8. The van der Waals surface area contributed by atoms with Gasteiger partial charge in [-0.25, -0.2) is 14.4 Å². The van der Waals surface area contributed by atoms with Crippen molar-refractivity contribution < 1.29 is 38.1 Å². The summed E-state index contributed by atoms with van der Waals surface area (Å²) in [5.41, 5.74) is 1.09. The lowest BCUT2D eigenvalue weighted by Gasteiger charge is -2.22. The lowest BCUT2D eigenvalue weighted by atomic mass is 10.0. The van der Waals surface area contributed by atoms with E-state index in [0.29, 0.717) is 22.6 Å². The van der Waals surface area contributed by atoms with Gasteiger partial charge in [0.1, 0.15) is 23.4 Å². The van der Waals surface area contributed by atoms with Crippen LogP contribution in [0.1, 0.15) is 73.4 Å². The summed E-state index contributed by atoms with van der Waals surface area (Å²) in [7, 11) is 1.29. The fourth-order valence-corrected chi connectivity index (χ4v) is 3.88. The van der Waals surface area contributed by atoms with Crippen LogP contribution in [-0.2, 0) is 27.2 Å². The molecule has 42 heavy (non-hydrogen) atoms. The fourth-order valence-electron chi connectivity index (χ4n) is 3.88. The molecule has 0 aromatic heterocycles. The summed E-state index contributed by atoms with van der Waals surface area (Å²) in [4.78, 5) is 37.9. The summed E-state index contributed by atoms with van der Waals surface area (Å²) in [6.45, 7) is 11.0. The van der Waals surface area contributed by atoms with Crippen LogP contribution in [0.5, 0.6) is 11.5 Å². The smallest absolute Gasteiger partial charge is 0.412 e. The Balaban J connectivity index is 1.87. The number of carbonyl (C=O) groups is 3. The van der Waals surface area contributed by atoms with Gasteiger partial charge >= 0.3 is 18.0 Å². The summed E-state index contributed by atoms with van der Waals surface area (Å²) >= 11 is 0. The van der Waals surface area contributed by atoms with Crippen LogP contribution in [0.15, 0.2) is 66.7 Å². The Kier molecular flexibility index (Phi) is 10.6. The first kappa shape index (κ1) is 32.0. The largest absolute Gasteiger partial charge is 0.488 e. The highest BCUT2D eigenvalue weighted by Gasteiger charge is 2.24. The van der Waals surface area contributed by atoms with Gasteiger partial charge in [-0.2, -0.15) is 0 Å². The van der Waals surface area contributed by atoms with E-state index in [-0.39, 0.29) is 30.9 Å². The van der Waals surface area contributed by atoms with Gasteiger partial charge in [0.25, 0.3) is 0 Å². The Hall–Kier alpha value is -4.53. The van der Waals surface area contributed by atoms with Crippen LogP contribution >= 0.6 is 0 Å². The van der Waals surface area contributed by atoms with Crippen molar-refractivity contribution in [3.63, 3.8) is 0 Å². The van der Waals surface area contributed by atoms with Gasteiger partial charge in [0, 0.05) is 12.1 Å². The highest BCUT2D eigenvalue weighted by atomic mass is 16.6. The molecule has 0 unspecified atom stereocenters. The van der Waals surface area contributed by atoms with Gasteiger partial charge in [-0.1, -0.05) is 36.4 Å². The first-order valence-corrected chi connectivity index (χ1v) is 13.6. The molecule has 9 heteroatoms. The van der Waals surface area contributed by atoms with Gasteiger partial charge in [0.2, 0.25) is 0 Å². The Labute approximate surface area is 247 Å². The van der Waals surface area contributed by atoms with Gasteiger partial charge in [-0.15, -0.1) is 0 Å². The predicted octanol–water partition coefficient (Wildman–Crippen LogP) is 6.98. The standard InChI is InChI=1S/C33H39NO8/c1-32(2,3)41-30(36)26-14-11-15-27(40-21-22-12-9-8-10-13-22)28(26)39-19-18-23-20-24(16-17-25(23)29(35)38-7)34-31(37)42-33(4,5)6/h8-17,20H,18-19,21H2,1-7H3,(H,34,37). The molecule has 0 aliphatic rings. The number of anilines is 1. The van der Waals surface area contributed by atoms with Gasteiger partial charge in [-0.05, 0) is 83.0 Å². The number of nitrogens with one attached hydrogen (secondary N) is 1. The number of methoxy groups -OCH3 is 1. The second kappa shape index (κ2) is 13.9. The van der Waals surface area contributed by atoms with Crippen molar-refractivity contribution >= 4 is 23.7 Å². The summed E-state index contributed by atoms with van der Waals surface area (Å²) < 4.78 is 28.1. The first-order chi connectivity index (χ1) is 19.8. The molecule has 0 spiro atoms. The van der Waals surface area contributed by atoms with E-state index >= 15 is 0 Å². The van der Waals surface area contributed by atoms with Crippen molar-refractivity contribution in [1.29, 1.82) is 0 Å². The van der Waals surface area contributed by atoms with Crippen molar-refractivity contribution in [1.82, 2.24) is 0 Å². The van der Waals surface area contributed by atoms with E-state index in [9.17, 15) is 14.4 Å². The van der Waals surface area contributed by atoms with Crippen LogP contribution in [0.2, 0.25) is 0 Å². The molecule has 0 aliphatic heterocycles. The van der Waals surface area contributed by atoms with Crippen molar-refractivity contribution in [2.45, 2.75) is 65.8 Å². The lowest BCUT2D eigenvalue weighted by molar-refractivity contribution is 0.00646. The second-order valence-corrected chi connectivity index (χ2v) is 11.5. The molecule has 9 nitrogen and oxygen atoms in total. The molecule has 3 rings (SSSR count). The van der Waals surface area contributed by atoms with E-state index < -0.39 is 29.2 Å². The molecule has 0 aliphatic carbocycles. The SMILES string of the molecule is COC(=O)c1ccc(NC(=O)OC(C)(C)C)cc1CCOc1c(OCc2ccccc2)cccc1C(=O)OC(C)(C)C. The van der Waals surface area contributed by atoms with E-state index in [1.807, 2.05) is 30.3 Å². The molecule has 0 bridgehead atoms. The maximum absolute atomic E-state index is 13.1. The Morgan fingerprint density at radius 3 is 2.07 bits per heavy atom. The summed E-state index contributed by atoms with van der Waals surface area (Å²) in [5.74, 6) is -0.489. The molecule has 3 aromatic rings. The topological polar surface area (TPSA) is 109 Å². The van der Waals surface area contributed by atoms with E-state index in [4.69, 9.17) is 23.7 Å². The third kappa shape index (κ3) is 9.83. The number of rotatable bonds is 10. The minimum atomic E-state index is -0.716. The van der Waals surface area contributed by atoms with Crippen molar-refractivity contribution in [3.8, 4) is 11.5 Å². The third-order valence-electron chi connectivity index (χ3n) is 5.61. The highest BCUT2D eigenvalue weighted by Crippen LogP contribution is 2.34. The molecule has 224 valence electrons. The maximum Gasteiger partial charge on any atom is 0.412 e. The van der Waals surface area contributed by atoms with Gasteiger partial charge in [-0.3, -0.25) is 5.32 Å². The molecule has 1 N–H and O–H groups in total. The van der Waals surface area contributed by atoms with E-state index in [0.717, 1.165) is 5.56 Å². The summed E-state index contributed by atoms with van der Waals surface area (Å²) in [5, 5.41) is 2.68. The number of para-hydroxylation sites is 1. The van der Waals surface area contributed by atoms with Gasteiger partial charge < -0.3 is 23.7 Å². The van der Waals surface area contributed by atoms with Crippen LogP contribution in [0.3, 0.4) is 0 Å². The quantitative estimate of drug-likeness (QED) is 0.203. The number of benzene rings is 3. The molecular weight excluding hydrogens is 538 g/mol. The minimum absolute atomic E-state index is 0.0708. The molecule has 1 amide bonds. The average molecular weight is 578 g/mol. The molecule has 0 fully saturated rings. The van der Waals surface area contributed by atoms with E-state index in [1.54, 1.807) is 77.9 Å². The van der Waals surface area contributed by atoms with Crippen LogP contribution in [0.4, 0.5) is 10.5 Å². The summed E-state index contributed by atoms with van der Waals surface area (Å²) in [6, 6.07) is 19.5. The molecule has 0 heterocycles. The third-order valence-corrected chi connectivity index (χ3v) is 5.61. The zero-order chi connectivity index (χ0) is 30.9. The minimum Gasteiger partial charge on any atom is -0.488 e. The molecule has 0 saturated carbocycles. The normalized spacial score (nSPS) is 11.3. The molecule has 0 atom stereocenters. The number of carbonyl (C=O) groups excluding carboxylic acids is 3. The zero-order valence-electron chi connectivity index (χ0n) is 25.2. The number of hydrogen-bond acceptors (Lipinski definition) is 8. The number of ether oxygens (including phenoxy) is 5. The monoisotopic (exact) mass is 577 g/mol. The average Bonchev–Trinajstić information content (AvgIpc) is 2.90. The lowest BCUT2D eigenvalue weighted by Crippen LogP contribution is -2.27. The van der Waals surface area contributed by atoms with Gasteiger partial charge in [0.15, 0.2) is 11.5 Å². The Morgan fingerprint density at radius 1 is 0.738 bits per heavy atom. The second-order valence-electron chi connectivity index (χ2n) is 11.5. The Morgan fingerprint density at radius 2 is 1.43 bits per heavy atom. The predicted molar refractivity (Wildman–Crippen MR) is 159 cm³/mol. The van der Waals surface area contributed by atoms with E-state index in [2.05, 4.69) is 5.32 Å². The van der Waals surface area contributed by atoms with E-state index in [1.165, 1.54) is 7.11 Å².